The average Bonchev–Trinajstić information content (AvgIpc) is 2.31. The maximum atomic E-state index is 12.1. The van der Waals surface area contributed by atoms with Gasteiger partial charge in [0.15, 0.2) is 0 Å². The van der Waals surface area contributed by atoms with Gasteiger partial charge in [-0.1, -0.05) is 13.3 Å². The SMILES string of the molecule is CCC[C@H](N)C(=O)N(C)[C@H]1CCN(C)[C@H](C)C1. The minimum Gasteiger partial charge on any atom is -0.341 e. The first kappa shape index (κ1) is 14.5. The van der Waals surface area contributed by atoms with Crippen LogP contribution in [0.2, 0.25) is 0 Å². The van der Waals surface area contributed by atoms with Gasteiger partial charge in [0.05, 0.1) is 6.04 Å². The second-order valence-electron chi connectivity index (χ2n) is 5.35. The summed E-state index contributed by atoms with van der Waals surface area (Å²) in [6, 6.07) is 0.586. The van der Waals surface area contributed by atoms with E-state index in [1.165, 1.54) is 0 Å². The summed E-state index contributed by atoms with van der Waals surface area (Å²) in [4.78, 5) is 16.3. The van der Waals surface area contributed by atoms with Crippen molar-refractivity contribution >= 4 is 5.91 Å². The van der Waals surface area contributed by atoms with Gasteiger partial charge in [0.25, 0.3) is 0 Å². The van der Waals surface area contributed by atoms with E-state index in [1.807, 2.05) is 11.9 Å². The Kier molecular flexibility index (Phi) is 5.40. The zero-order valence-corrected chi connectivity index (χ0v) is 11.6. The summed E-state index contributed by atoms with van der Waals surface area (Å²) in [6.07, 6.45) is 3.86. The number of hydrogen-bond acceptors (Lipinski definition) is 3. The Labute approximate surface area is 105 Å². The highest BCUT2D eigenvalue weighted by atomic mass is 16.2. The van der Waals surface area contributed by atoms with Gasteiger partial charge in [-0.2, -0.15) is 0 Å². The van der Waals surface area contributed by atoms with Crippen molar-refractivity contribution in [2.75, 3.05) is 20.6 Å². The Bertz CT molecular complexity index is 257. The van der Waals surface area contributed by atoms with Crippen LogP contribution in [0.1, 0.15) is 39.5 Å². The Morgan fingerprint density at radius 1 is 1.59 bits per heavy atom. The van der Waals surface area contributed by atoms with E-state index < -0.39 is 0 Å². The molecule has 0 aromatic carbocycles. The van der Waals surface area contributed by atoms with Gasteiger partial charge < -0.3 is 15.5 Å². The van der Waals surface area contributed by atoms with Crippen LogP contribution < -0.4 is 5.73 Å². The lowest BCUT2D eigenvalue weighted by molar-refractivity contribution is -0.134. The number of nitrogens with zero attached hydrogens (tertiary/aromatic N) is 2. The van der Waals surface area contributed by atoms with Gasteiger partial charge in [-0.15, -0.1) is 0 Å². The molecule has 0 unspecified atom stereocenters. The summed E-state index contributed by atoms with van der Waals surface area (Å²) >= 11 is 0. The molecule has 0 radical (unpaired) electrons. The Hall–Kier alpha value is -0.610. The first-order valence-electron chi connectivity index (χ1n) is 6.69. The van der Waals surface area contributed by atoms with Crippen LogP contribution in [0, 0.1) is 0 Å². The topological polar surface area (TPSA) is 49.6 Å². The first-order chi connectivity index (χ1) is 7.97. The van der Waals surface area contributed by atoms with Crippen LogP contribution in [-0.2, 0) is 4.79 Å². The zero-order valence-electron chi connectivity index (χ0n) is 11.6. The number of carbonyl (C=O) groups is 1. The number of carbonyl (C=O) groups excluding carboxylic acids is 1. The van der Waals surface area contributed by atoms with E-state index in [0.29, 0.717) is 12.1 Å². The summed E-state index contributed by atoms with van der Waals surface area (Å²) in [5.74, 6) is 0.105. The van der Waals surface area contributed by atoms with E-state index in [9.17, 15) is 4.79 Å². The molecular formula is C13H27N3O. The van der Waals surface area contributed by atoms with Crippen LogP contribution >= 0.6 is 0 Å². The molecule has 100 valence electrons. The molecule has 1 aliphatic heterocycles. The van der Waals surface area contributed by atoms with Crippen LogP contribution in [0.25, 0.3) is 0 Å². The molecule has 0 spiro atoms. The molecule has 0 bridgehead atoms. The quantitative estimate of drug-likeness (QED) is 0.800. The lowest BCUT2D eigenvalue weighted by Crippen LogP contribution is -2.51. The molecule has 0 aromatic heterocycles. The second kappa shape index (κ2) is 6.36. The zero-order chi connectivity index (χ0) is 13.0. The van der Waals surface area contributed by atoms with Crippen LogP contribution in [0.4, 0.5) is 0 Å². The molecule has 1 saturated heterocycles. The smallest absolute Gasteiger partial charge is 0.239 e. The van der Waals surface area contributed by atoms with E-state index in [0.717, 1.165) is 32.2 Å². The van der Waals surface area contributed by atoms with Crippen LogP contribution in [0.15, 0.2) is 0 Å². The fraction of sp³-hybridized carbons (Fsp3) is 0.923. The highest BCUT2D eigenvalue weighted by molar-refractivity contribution is 5.81. The minimum atomic E-state index is -0.319. The van der Waals surface area contributed by atoms with Crippen molar-refractivity contribution in [3.8, 4) is 0 Å². The second-order valence-corrected chi connectivity index (χ2v) is 5.35. The number of rotatable bonds is 4. The van der Waals surface area contributed by atoms with Crippen LogP contribution in [-0.4, -0.2) is 54.5 Å². The third-order valence-corrected chi connectivity index (χ3v) is 3.99. The Morgan fingerprint density at radius 3 is 2.76 bits per heavy atom. The van der Waals surface area contributed by atoms with E-state index in [2.05, 4.69) is 25.8 Å². The molecular weight excluding hydrogens is 214 g/mol. The summed E-state index contributed by atoms with van der Waals surface area (Å²) in [6.45, 7) is 5.34. The fourth-order valence-electron chi connectivity index (χ4n) is 2.49. The molecule has 17 heavy (non-hydrogen) atoms. The van der Waals surface area contributed by atoms with Gasteiger partial charge in [0.1, 0.15) is 0 Å². The standard InChI is InChI=1S/C13H27N3O/c1-5-6-12(14)13(17)16(4)11-7-8-15(3)10(2)9-11/h10-12H,5-9,14H2,1-4H3/t10-,11+,12+/m1/s1. The highest BCUT2D eigenvalue weighted by Crippen LogP contribution is 2.20. The summed E-state index contributed by atoms with van der Waals surface area (Å²) in [7, 11) is 4.05. The van der Waals surface area contributed by atoms with E-state index >= 15 is 0 Å². The van der Waals surface area contributed by atoms with Crippen molar-refractivity contribution in [1.29, 1.82) is 0 Å². The molecule has 0 aliphatic carbocycles. The number of piperidine rings is 1. The predicted octanol–water partition coefficient (Wildman–Crippen LogP) is 1.05. The van der Waals surface area contributed by atoms with Crippen molar-refractivity contribution in [3.05, 3.63) is 0 Å². The normalized spacial score (nSPS) is 27.8. The van der Waals surface area contributed by atoms with Gasteiger partial charge in [-0.25, -0.2) is 0 Å². The van der Waals surface area contributed by atoms with Crippen molar-refractivity contribution in [1.82, 2.24) is 9.80 Å². The molecule has 1 rings (SSSR count). The summed E-state index contributed by atoms with van der Waals surface area (Å²) in [5, 5.41) is 0. The molecule has 0 saturated carbocycles. The van der Waals surface area contributed by atoms with Crippen LogP contribution in [0.5, 0.6) is 0 Å². The lowest BCUT2D eigenvalue weighted by Gasteiger charge is -2.40. The van der Waals surface area contributed by atoms with Gasteiger partial charge in [0.2, 0.25) is 5.91 Å². The van der Waals surface area contributed by atoms with Crippen molar-refractivity contribution in [2.24, 2.45) is 5.73 Å². The maximum Gasteiger partial charge on any atom is 0.239 e. The van der Waals surface area contributed by atoms with Gasteiger partial charge >= 0.3 is 0 Å². The molecule has 4 nitrogen and oxygen atoms in total. The summed E-state index contributed by atoms with van der Waals surface area (Å²) < 4.78 is 0. The predicted molar refractivity (Wildman–Crippen MR) is 70.8 cm³/mol. The number of hydrogen-bond donors (Lipinski definition) is 1. The van der Waals surface area contributed by atoms with Crippen molar-refractivity contribution in [3.63, 3.8) is 0 Å². The first-order valence-corrected chi connectivity index (χ1v) is 6.69. The Balaban J connectivity index is 2.52. The molecule has 1 aliphatic rings. The van der Waals surface area contributed by atoms with Crippen LogP contribution in [0.3, 0.4) is 0 Å². The lowest BCUT2D eigenvalue weighted by atomic mass is 9.97. The largest absolute Gasteiger partial charge is 0.341 e. The summed E-state index contributed by atoms with van der Waals surface area (Å²) in [5.41, 5.74) is 5.90. The monoisotopic (exact) mass is 241 g/mol. The van der Waals surface area contributed by atoms with Gasteiger partial charge in [0, 0.05) is 25.7 Å². The minimum absolute atomic E-state index is 0.105. The molecule has 4 heteroatoms. The maximum absolute atomic E-state index is 12.1. The fourth-order valence-corrected chi connectivity index (χ4v) is 2.49. The average molecular weight is 241 g/mol. The van der Waals surface area contributed by atoms with E-state index in [1.54, 1.807) is 0 Å². The molecule has 3 atom stereocenters. The van der Waals surface area contributed by atoms with Gasteiger partial charge in [-0.05, 0) is 33.2 Å². The van der Waals surface area contributed by atoms with Crippen molar-refractivity contribution in [2.45, 2.75) is 57.7 Å². The van der Waals surface area contributed by atoms with Crippen molar-refractivity contribution < 1.29 is 4.79 Å². The molecule has 0 aromatic rings. The Morgan fingerprint density at radius 2 is 2.24 bits per heavy atom. The number of amides is 1. The number of likely N-dealkylation sites (tertiary alicyclic amines) is 1. The molecule has 1 fully saturated rings. The third kappa shape index (κ3) is 3.68. The molecule has 1 heterocycles. The number of likely N-dealkylation sites (N-methyl/N-ethyl adjacent to an activating group) is 1. The molecule has 1 amide bonds. The number of nitrogens with two attached hydrogens (primary N) is 1. The third-order valence-electron chi connectivity index (χ3n) is 3.99. The van der Waals surface area contributed by atoms with E-state index in [4.69, 9.17) is 5.73 Å². The van der Waals surface area contributed by atoms with Gasteiger partial charge in [-0.3, -0.25) is 4.79 Å². The molecule has 2 N–H and O–H groups in total. The highest BCUT2D eigenvalue weighted by Gasteiger charge is 2.29. The van der Waals surface area contributed by atoms with E-state index in [-0.39, 0.29) is 11.9 Å².